The third-order valence-electron chi connectivity index (χ3n) is 2.33. The third-order valence-corrected chi connectivity index (χ3v) is 5.83. The van der Waals surface area contributed by atoms with E-state index in [1.165, 1.54) is 16.9 Å². The van der Waals surface area contributed by atoms with E-state index >= 15 is 0 Å². The first-order valence-corrected chi connectivity index (χ1v) is 8.48. The maximum atomic E-state index is 12.1. The first-order valence-electron chi connectivity index (χ1n) is 4.99. The van der Waals surface area contributed by atoms with Crippen LogP contribution in [0.5, 0.6) is 0 Å². The van der Waals surface area contributed by atoms with Gasteiger partial charge < -0.3 is 5.32 Å². The van der Waals surface area contributed by atoms with E-state index in [4.69, 9.17) is 0 Å². The smallest absolute Gasteiger partial charge is 0.257 e. The number of hydrogen-bond donors (Lipinski definition) is 1. The summed E-state index contributed by atoms with van der Waals surface area (Å²) in [5.74, 6) is -0.108. The van der Waals surface area contributed by atoms with Gasteiger partial charge in [-0.1, -0.05) is 6.07 Å². The molecule has 0 unspecified atom stereocenters. The molecule has 94 valence electrons. The van der Waals surface area contributed by atoms with Crippen molar-refractivity contribution in [2.24, 2.45) is 0 Å². The molecule has 1 aromatic carbocycles. The van der Waals surface area contributed by atoms with Crippen LogP contribution in [0.3, 0.4) is 0 Å². The zero-order chi connectivity index (χ0) is 13.3. The average molecular weight is 501 g/mol. The molecule has 1 heterocycles. The van der Waals surface area contributed by atoms with Crippen LogP contribution < -0.4 is 5.32 Å². The highest BCUT2D eigenvalue weighted by Gasteiger charge is 2.14. The van der Waals surface area contributed by atoms with Crippen molar-refractivity contribution in [3.05, 3.63) is 46.5 Å². The van der Waals surface area contributed by atoms with Crippen LogP contribution in [0, 0.1) is 10.5 Å². The first-order chi connectivity index (χ1) is 8.47. The fraction of sp³-hybridized carbons (Fsp3) is 0.0833. The Kier molecular flexibility index (Phi) is 4.85. The van der Waals surface area contributed by atoms with Crippen LogP contribution in [0.2, 0.25) is 0 Å². The minimum Gasteiger partial charge on any atom is -0.322 e. The van der Waals surface area contributed by atoms with Gasteiger partial charge in [0.1, 0.15) is 0 Å². The van der Waals surface area contributed by atoms with Gasteiger partial charge in [-0.15, -0.1) is 11.3 Å². The van der Waals surface area contributed by atoms with Crippen LogP contribution >= 0.6 is 65.8 Å². The highest BCUT2D eigenvalue weighted by Crippen LogP contribution is 2.32. The van der Waals surface area contributed by atoms with Gasteiger partial charge in [0.15, 0.2) is 0 Å². The minimum atomic E-state index is -0.108. The number of anilines is 1. The van der Waals surface area contributed by atoms with Gasteiger partial charge in [-0.3, -0.25) is 4.79 Å². The molecule has 0 spiro atoms. The molecule has 2 rings (SSSR count). The van der Waals surface area contributed by atoms with Crippen molar-refractivity contribution >= 4 is 77.4 Å². The lowest BCUT2D eigenvalue weighted by Crippen LogP contribution is -2.11. The Hall–Kier alpha value is 0.0800. The minimum absolute atomic E-state index is 0.108. The first kappa shape index (κ1) is 14.5. The molecule has 0 saturated carbocycles. The molecule has 1 N–H and O–H groups in total. The summed E-state index contributed by atoms with van der Waals surface area (Å²) in [4.78, 5) is 12.1. The van der Waals surface area contributed by atoms with Crippen LogP contribution in [0.15, 0.2) is 31.8 Å². The Balaban J connectivity index is 2.21. The van der Waals surface area contributed by atoms with Crippen molar-refractivity contribution in [1.82, 2.24) is 0 Å². The molecule has 6 heteroatoms. The molecule has 18 heavy (non-hydrogen) atoms. The molecule has 1 amide bonds. The van der Waals surface area contributed by atoms with Crippen molar-refractivity contribution < 1.29 is 4.79 Å². The van der Waals surface area contributed by atoms with E-state index in [1.807, 2.05) is 31.2 Å². The number of benzene rings is 1. The van der Waals surface area contributed by atoms with Gasteiger partial charge >= 0.3 is 0 Å². The number of thiophene rings is 1. The molecular formula is C12H8Br2INOS. The number of halogens is 3. The second kappa shape index (κ2) is 6.02. The number of amides is 1. The van der Waals surface area contributed by atoms with Crippen molar-refractivity contribution in [2.75, 3.05) is 5.32 Å². The number of carbonyl (C=O) groups excluding carboxylic acids is 1. The summed E-state index contributed by atoms with van der Waals surface area (Å²) >= 11 is 10.5. The molecule has 2 nitrogen and oxygen atoms in total. The van der Waals surface area contributed by atoms with Crippen molar-refractivity contribution in [2.45, 2.75) is 6.92 Å². The number of hydrogen-bond acceptors (Lipinski definition) is 2. The van der Waals surface area contributed by atoms with Crippen LogP contribution in [0.1, 0.15) is 15.9 Å². The molecule has 0 fully saturated rings. The largest absolute Gasteiger partial charge is 0.322 e. The van der Waals surface area contributed by atoms with E-state index in [2.05, 4.69) is 59.8 Å². The molecule has 0 aliphatic carbocycles. The standard InChI is InChI=1S/C12H8Br2INOS/c1-6-2-3-7(4-9(6)15)16-12(17)8-5-10(13)18-11(8)14/h2-5H,1H3,(H,16,17). The zero-order valence-electron chi connectivity index (χ0n) is 9.26. The highest BCUT2D eigenvalue weighted by molar-refractivity contribution is 14.1. The summed E-state index contributed by atoms with van der Waals surface area (Å²) in [5, 5.41) is 2.89. The van der Waals surface area contributed by atoms with Crippen molar-refractivity contribution in [3.8, 4) is 0 Å². The Morgan fingerprint density at radius 2 is 2.06 bits per heavy atom. The van der Waals surface area contributed by atoms with E-state index in [0.717, 1.165) is 16.8 Å². The summed E-state index contributed by atoms with van der Waals surface area (Å²) < 4.78 is 2.89. The highest BCUT2D eigenvalue weighted by atomic mass is 127. The van der Waals surface area contributed by atoms with E-state index in [1.54, 1.807) is 0 Å². The van der Waals surface area contributed by atoms with Crippen LogP contribution in [-0.2, 0) is 0 Å². The number of carbonyl (C=O) groups is 1. The fourth-order valence-electron chi connectivity index (χ4n) is 1.36. The predicted molar refractivity (Wildman–Crippen MR) is 91.6 cm³/mol. The van der Waals surface area contributed by atoms with E-state index < -0.39 is 0 Å². The monoisotopic (exact) mass is 499 g/mol. The SMILES string of the molecule is Cc1ccc(NC(=O)c2cc(Br)sc2Br)cc1I. The molecule has 0 atom stereocenters. The summed E-state index contributed by atoms with van der Waals surface area (Å²) in [6.07, 6.45) is 0. The normalized spacial score (nSPS) is 10.4. The number of aryl methyl sites for hydroxylation is 1. The van der Waals surface area contributed by atoms with Crippen LogP contribution in [-0.4, -0.2) is 5.91 Å². The van der Waals surface area contributed by atoms with E-state index in [0.29, 0.717) is 5.56 Å². The average Bonchev–Trinajstić information content (AvgIpc) is 2.63. The van der Waals surface area contributed by atoms with E-state index in [9.17, 15) is 4.79 Å². The predicted octanol–water partition coefficient (Wildman–Crippen LogP) is 5.44. The Bertz CT molecular complexity index is 612. The van der Waals surface area contributed by atoms with Gasteiger partial charge in [-0.25, -0.2) is 0 Å². The zero-order valence-corrected chi connectivity index (χ0v) is 15.4. The van der Waals surface area contributed by atoms with Gasteiger partial charge in [0, 0.05) is 9.26 Å². The topological polar surface area (TPSA) is 29.1 Å². The lowest BCUT2D eigenvalue weighted by molar-refractivity contribution is 0.102. The second-order valence-corrected chi connectivity index (χ2v) is 8.57. The summed E-state index contributed by atoms with van der Waals surface area (Å²) in [7, 11) is 0. The molecule has 1 aromatic heterocycles. The van der Waals surface area contributed by atoms with Gasteiger partial charge in [0.2, 0.25) is 0 Å². The Morgan fingerprint density at radius 3 is 2.61 bits per heavy atom. The molecule has 0 bridgehead atoms. The molecule has 0 aliphatic heterocycles. The Labute approximate surface area is 140 Å². The Morgan fingerprint density at radius 1 is 1.33 bits per heavy atom. The van der Waals surface area contributed by atoms with Crippen LogP contribution in [0.25, 0.3) is 0 Å². The van der Waals surface area contributed by atoms with Gasteiger partial charge in [0.25, 0.3) is 5.91 Å². The van der Waals surface area contributed by atoms with Crippen LogP contribution in [0.4, 0.5) is 5.69 Å². The van der Waals surface area contributed by atoms with Gasteiger partial charge in [-0.2, -0.15) is 0 Å². The third kappa shape index (κ3) is 3.34. The summed E-state index contributed by atoms with van der Waals surface area (Å²) in [5.41, 5.74) is 2.65. The molecule has 0 radical (unpaired) electrons. The van der Waals surface area contributed by atoms with E-state index in [-0.39, 0.29) is 5.91 Å². The van der Waals surface area contributed by atoms with Gasteiger partial charge in [-0.05, 0) is 85.1 Å². The molecular weight excluding hydrogens is 493 g/mol. The molecule has 0 saturated heterocycles. The van der Waals surface area contributed by atoms with Gasteiger partial charge in [0.05, 0.1) is 13.1 Å². The lowest BCUT2D eigenvalue weighted by atomic mass is 10.2. The number of nitrogens with one attached hydrogen (secondary N) is 1. The number of rotatable bonds is 2. The van der Waals surface area contributed by atoms with Crippen molar-refractivity contribution in [1.29, 1.82) is 0 Å². The summed E-state index contributed by atoms with van der Waals surface area (Å²) in [6.45, 7) is 2.04. The molecule has 2 aromatic rings. The van der Waals surface area contributed by atoms with Crippen molar-refractivity contribution in [3.63, 3.8) is 0 Å². The fourth-order valence-corrected chi connectivity index (χ4v) is 4.67. The maximum Gasteiger partial charge on any atom is 0.257 e. The molecule has 0 aliphatic rings. The lowest BCUT2D eigenvalue weighted by Gasteiger charge is -2.06. The summed E-state index contributed by atoms with van der Waals surface area (Å²) in [6, 6.07) is 7.67. The quantitative estimate of drug-likeness (QED) is 0.547. The maximum absolute atomic E-state index is 12.1. The second-order valence-electron chi connectivity index (χ2n) is 3.66.